The van der Waals surface area contributed by atoms with Crippen LogP contribution in [0.5, 0.6) is 0 Å². The number of aromatic nitrogens is 1. The predicted octanol–water partition coefficient (Wildman–Crippen LogP) is 9.16. The van der Waals surface area contributed by atoms with Gasteiger partial charge in [-0.05, 0) is 111 Å². The molecule has 0 radical (unpaired) electrons. The number of halogens is 2. The number of carbonyl (C=O) groups is 5. The Morgan fingerprint density at radius 3 is 2.04 bits per heavy atom. The number of aliphatic imine (C=N–C) groups is 1. The molecule has 79 heavy (non-hydrogen) atoms. The third-order valence-electron chi connectivity index (χ3n) is 14.2. The van der Waals surface area contributed by atoms with Crippen molar-refractivity contribution >= 4 is 65.2 Å². The molecule has 5 aromatic rings. The van der Waals surface area contributed by atoms with Crippen LogP contribution in [0.15, 0.2) is 114 Å². The molecule has 15 nitrogen and oxygen atoms in total. The number of alkyl halides is 1. The summed E-state index contributed by atoms with van der Waals surface area (Å²) in [5.74, 6) is -1.13. The van der Waals surface area contributed by atoms with Crippen molar-refractivity contribution in [1.82, 2.24) is 29.5 Å². The normalized spacial score (nSPS) is 15.0. The molecule has 0 atom stereocenters. The van der Waals surface area contributed by atoms with Crippen molar-refractivity contribution in [3.8, 4) is 11.1 Å². The highest BCUT2D eigenvalue weighted by atomic mass is 35.5. The lowest BCUT2D eigenvalue weighted by Gasteiger charge is -2.39. The average molecular weight is 1100 g/mol. The third-order valence-corrected chi connectivity index (χ3v) is 14.3. The molecule has 4 heterocycles. The van der Waals surface area contributed by atoms with Crippen molar-refractivity contribution in [3.63, 3.8) is 0 Å². The fourth-order valence-electron chi connectivity index (χ4n) is 9.76. The first kappa shape index (κ1) is 62.4. The van der Waals surface area contributed by atoms with Gasteiger partial charge >= 0.3 is 0 Å². The monoisotopic (exact) mass is 1100 g/mol. The standard InChI is InChI=1S/C47H56FN9O4.C11H13N.C2H3ClO.C2H6/c1-3-32-7-6-8-35(25-32)36-28-42(51-2)44(52-29-36)47(61)57-19-17-54(18-20-57)30-33-13-15-53(16-14-33)31-43(58)55-21-23-56(24-22-55)46(60)39-26-34(11-12-40(39)48)27-41(49)37-9-4-5-10-38(37)45(50)59;1-9-5-4-6-11(7-9)10(2)8-12-3;3-1-2-4;1-2/h4-12,25-26,28-29,33,49,51H,3,13-24,27,30-31H2,1-2H3,(H2,50,59);4-8H,3H2,1-2H3;2H,1H2;1-2H3/b;10-8+;;. The summed E-state index contributed by atoms with van der Waals surface area (Å²) in [6.45, 7) is 20.9. The summed E-state index contributed by atoms with van der Waals surface area (Å²) in [5.41, 5.74) is 14.8. The Balaban J connectivity index is 0.000000547. The lowest BCUT2D eigenvalue weighted by atomic mass is 9.96. The number of rotatable bonds is 16. The summed E-state index contributed by atoms with van der Waals surface area (Å²) in [6.07, 6.45) is 7.25. The van der Waals surface area contributed by atoms with E-state index in [1.165, 1.54) is 34.9 Å². The number of primary amides is 1. The van der Waals surface area contributed by atoms with Crippen molar-refractivity contribution in [1.29, 1.82) is 5.41 Å². The lowest BCUT2D eigenvalue weighted by Crippen LogP contribution is -2.53. The molecule has 0 spiro atoms. The molecule has 0 unspecified atom stereocenters. The molecule has 3 aliphatic heterocycles. The average Bonchev–Trinajstić information content (AvgIpc) is 3.49. The molecule has 4 N–H and O–H groups in total. The summed E-state index contributed by atoms with van der Waals surface area (Å²) in [6, 6.07) is 29.6. The van der Waals surface area contributed by atoms with Gasteiger partial charge in [-0.2, -0.15) is 0 Å². The van der Waals surface area contributed by atoms with E-state index in [2.05, 4.69) is 88.1 Å². The zero-order chi connectivity index (χ0) is 57.4. The lowest BCUT2D eigenvalue weighted by molar-refractivity contribution is -0.134. The van der Waals surface area contributed by atoms with Gasteiger partial charge in [0.1, 0.15) is 12.1 Å². The Kier molecular flexibility index (Phi) is 25.2. The van der Waals surface area contributed by atoms with Crippen molar-refractivity contribution in [2.24, 2.45) is 16.6 Å². The number of nitrogens with one attached hydrogen (secondary N) is 2. The van der Waals surface area contributed by atoms with Crippen LogP contribution in [0.4, 0.5) is 10.1 Å². The molecular formula is C62H78ClFN10O5. The van der Waals surface area contributed by atoms with Gasteiger partial charge in [0.15, 0.2) is 5.69 Å². The highest BCUT2D eigenvalue weighted by Crippen LogP contribution is 2.27. The summed E-state index contributed by atoms with van der Waals surface area (Å²) in [5, 5.41) is 11.8. The topological polar surface area (TPSA) is 189 Å². The minimum atomic E-state index is -0.649. The van der Waals surface area contributed by atoms with E-state index >= 15 is 0 Å². The second-order valence-electron chi connectivity index (χ2n) is 19.5. The number of nitrogens with two attached hydrogens (primary N) is 1. The summed E-state index contributed by atoms with van der Waals surface area (Å²) in [7, 11) is 1.83. The summed E-state index contributed by atoms with van der Waals surface area (Å²) >= 11 is 4.82. The van der Waals surface area contributed by atoms with Crippen molar-refractivity contribution in [3.05, 3.63) is 160 Å². The molecule has 3 aliphatic rings. The van der Waals surface area contributed by atoms with Crippen LogP contribution >= 0.6 is 11.6 Å². The Morgan fingerprint density at radius 1 is 0.785 bits per heavy atom. The van der Waals surface area contributed by atoms with Gasteiger partial charge in [-0.1, -0.05) is 99.1 Å². The van der Waals surface area contributed by atoms with E-state index in [0.29, 0.717) is 74.8 Å². The maximum Gasteiger partial charge on any atom is 0.274 e. The molecule has 4 amide bonds. The van der Waals surface area contributed by atoms with Crippen LogP contribution in [0.2, 0.25) is 0 Å². The number of pyridine rings is 1. The van der Waals surface area contributed by atoms with Crippen LogP contribution in [0.3, 0.4) is 0 Å². The molecule has 0 aliphatic carbocycles. The smallest absolute Gasteiger partial charge is 0.274 e. The second kappa shape index (κ2) is 31.9. The van der Waals surface area contributed by atoms with Gasteiger partial charge < -0.3 is 36.0 Å². The molecule has 3 fully saturated rings. The van der Waals surface area contributed by atoms with E-state index in [1.54, 1.807) is 46.5 Å². The highest BCUT2D eigenvalue weighted by Gasteiger charge is 2.31. The predicted molar refractivity (Wildman–Crippen MR) is 317 cm³/mol. The van der Waals surface area contributed by atoms with E-state index in [1.807, 2.05) is 44.9 Å². The van der Waals surface area contributed by atoms with Crippen molar-refractivity contribution in [2.45, 2.75) is 60.3 Å². The number of hydrogen-bond acceptors (Lipinski definition) is 11. The number of allylic oxidation sites excluding steroid dienone is 1. The van der Waals surface area contributed by atoms with Crippen molar-refractivity contribution < 1.29 is 28.4 Å². The van der Waals surface area contributed by atoms with Gasteiger partial charge in [-0.15, -0.1) is 11.6 Å². The van der Waals surface area contributed by atoms with Crippen LogP contribution in [0, 0.1) is 24.1 Å². The van der Waals surface area contributed by atoms with Gasteiger partial charge in [0, 0.05) is 107 Å². The number of carbonyl (C=O) groups excluding carboxylic acids is 5. The SMILES string of the molecule is C=N/C=C(\C)c1cccc(C)c1.CC.CCc1cccc(-c2cnc(C(=O)N3CCN(CC4CCN(CC(=O)N5CCN(C(=O)c6cc(CC(=N)c7ccccc7C(N)=O)ccc6F)CC5)CC4)CC3)c(NC)c2)c1.O=CCCl. The van der Waals surface area contributed by atoms with Gasteiger partial charge in [0.25, 0.3) is 11.8 Å². The number of amides is 4. The maximum absolute atomic E-state index is 15.0. The quantitative estimate of drug-likeness (QED) is 0.0492. The Bertz CT molecular complexity index is 2910. The van der Waals surface area contributed by atoms with E-state index < -0.39 is 17.6 Å². The molecule has 0 bridgehead atoms. The molecule has 4 aromatic carbocycles. The first-order valence-electron chi connectivity index (χ1n) is 27.2. The van der Waals surface area contributed by atoms with E-state index in [-0.39, 0.29) is 41.0 Å². The second-order valence-corrected chi connectivity index (χ2v) is 19.8. The first-order chi connectivity index (χ1) is 38.2. The minimum Gasteiger partial charge on any atom is -0.386 e. The number of anilines is 1. The minimum absolute atomic E-state index is 0.0329. The number of aryl methyl sites for hydroxylation is 2. The molecule has 17 heteroatoms. The number of hydrogen-bond donors (Lipinski definition) is 3. The zero-order valence-corrected chi connectivity index (χ0v) is 47.5. The van der Waals surface area contributed by atoms with Gasteiger partial charge in [0.2, 0.25) is 11.8 Å². The number of likely N-dealkylation sites (tertiary alicyclic amines) is 1. The van der Waals surface area contributed by atoms with Gasteiger partial charge in [0.05, 0.1) is 23.7 Å². The number of piperidine rings is 1. The van der Waals surface area contributed by atoms with Crippen LogP contribution in [-0.2, 0) is 22.4 Å². The Morgan fingerprint density at radius 2 is 1.42 bits per heavy atom. The summed E-state index contributed by atoms with van der Waals surface area (Å²) in [4.78, 5) is 79.6. The number of aldehydes is 1. The number of benzene rings is 4. The zero-order valence-electron chi connectivity index (χ0n) is 46.8. The molecule has 0 saturated carbocycles. The van der Waals surface area contributed by atoms with Crippen LogP contribution in [0.1, 0.15) is 99.6 Å². The fraction of sp³-hybridized carbons (Fsp3) is 0.387. The Hall–Kier alpha value is -7.40. The molecule has 1 aromatic heterocycles. The molecule has 420 valence electrons. The van der Waals surface area contributed by atoms with Crippen LogP contribution in [-0.4, -0.2) is 163 Å². The Labute approximate surface area is 471 Å². The van der Waals surface area contributed by atoms with Crippen LogP contribution < -0.4 is 11.1 Å². The molecular weight excluding hydrogens is 1020 g/mol. The number of piperazine rings is 2. The maximum atomic E-state index is 15.0. The van der Waals surface area contributed by atoms with E-state index in [4.69, 9.17) is 27.5 Å². The third kappa shape index (κ3) is 18.1. The van der Waals surface area contributed by atoms with Gasteiger partial charge in [-0.3, -0.25) is 34.0 Å². The van der Waals surface area contributed by atoms with Crippen LogP contribution in [0.25, 0.3) is 16.7 Å². The summed E-state index contributed by atoms with van der Waals surface area (Å²) < 4.78 is 15.0. The first-order valence-corrected chi connectivity index (χ1v) is 27.7. The van der Waals surface area contributed by atoms with Crippen molar-refractivity contribution in [2.75, 3.05) is 96.8 Å². The number of nitrogens with zero attached hydrogens (tertiary/aromatic N) is 7. The fourth-order valence-corrected chi connectivity index (χ4v) is 9.76. The largest absolute Gasteiger partial charge is 0.386 e. The van der Waals surface area contributed by atoms with E-state index in [0.717, 1.165) is 74.4 Å². The molecule has 3 saturated heterocycles. The van der Waals surface area contributed by atoms with E-state index in [9.17, 15) is 23.6 Å². The van der Waals surface area contributed by atoms with Gasteiger partial charge in [-0.25, -0.2) is 9.37 Å². The molecule has 8 rings (SSSR count). The highest BCUT2D eigenvalue weighted by molar-refractivity contribution is 6.24.